The van der Waals surface area contributed by atoms with Crippen molar-refractivity contribution in [3.8, 4) is 36.4 Å². The normalized spacial score (nSPS) is 10.2. The maximum Gasteiger partial charge on any atom is 0.0690 e. The standard InChI is InChI=1S/C18H20N6/c19-11-1-5-17(15-23,6-2-12-20)9-10-18(16-24,7-3-13-21)8-4-14-22/h1-10H2. The lowest BCUT2D eigenvalue weighted by molar-refractivity contribution is 0.229. The molecule has 0 aromatic carbocycles. The molecule has 0 rings (SSSR count). The highest BCUT2D eigenvalue weighted by Crippen LogP contribution is 2.42. The molecule has 0 aliphatic carbocycles. The van der Waals surface area contributed by atoms with E-state index in [0.717, 1.165) is 0 Å². The summed E-state index contributed by atoms with van der Waals surface area (Å²) in [5.74, 6) is 0. The summed E-state index contributed by atoms with van der Waals surface area (Å²) in [7, 11) is 0. The monoisotopic (exact) mass is 320 g/mol. The molecule has 0 saturated heterocycles. The van der Waals surface area contributed by atoms with Crippen molar-refractivity contribution in [1.82, 2.24) is 0 Å². The van der Waals surface area contributed by atoms with Gasteiger partial charge in [-0.3, -0.25) is 0 Å². The van der Waals surface area contributed by atoms with Crippen LogP contribution in [0.3, 0.4) is 0 Å². The van der Waals surface area contributed by atoms with Gasteiger partial charge in [0.1, 0.15) is 0 Å². The average molecular weight is 320 g/mol. The zero-order valence-electron chi connectivity index (χ0n) is 13.8. The summed E-state index contributed by atoms with van der Waals surface area (Å²) in [4.78, 5) is 0. The molecule has 0 aromatic rings. The van der Waals surface area contributed by atoms with Crippen LogP contribution in [-0.4, -0.2) is 0 Å². The van der Waals surface area contributed by atoms with Crippen molar-refractivity contribution in [2.75, 3.05) is 0 Å². The fraction of sp³-hybridized carbons (Fsp3) is 0.667. The van der Waals surface area contributed by atoms with Crippen LogP contribution in [0.1, 0.15) is 64.2 Å². The molecule has 0 aromatic heterocycles. The van der Waals surface area contributed by atoms with Crippen LogP contribution in [-0.2, 0) is 0 Å². The molecule has 0 aliphatic rings. The molecule has 0 radical (unpaired) electrons. The Morgan fingerprint density at radius 2 is 0.667 bits per heavy atom. The third-order valence-corrected chi connectivity index (χ3v) is 4.42. The summed E-state index contributed by atoms with van der Waals surface area (Å²) in [6, 6.07) is 12.6. The van der Waals surface area contributed by atoms with Crippen molar-refractivity contribution in [3.05, 3.63) is 0 Å². The predicted molar refractivity (Wildman–Crippen MR) is 84.7 cm³/mol. The van der Waals surface area contributed by atoms with Gasteiger partial charge in [0.05, 0.1) is 47.2 Å². The molecule has 0 atom stereocenters. The first kappa shape index (κ1) is 20.9. The largest absolute Gasteiger partial charge is 0.198 e. The third kappa shape index (κ3) is 6.80. The lowest BCUT2D eigenvalue weighted by atomic mass is 9.69. The van der Waals surface area contributed by atoms with Crippen LogP contribution >= 0.6 is 0 Å². The molecule has 24 heavy (non-hydrogen) atoms. The summed E-state index contributed by atoms with van der Waals surface area (Å²) >= 11 is 0. The summed E-state index contributed by atoms with van der Waals surface area (Å²) in [5, 5.41) is 54.4. The number of hydrogen-bond donors (Lipinski definition) is 0. The minimum Gasteiger partial charge on any atom is -0.198 e. The van der Waals surface area contributed by atoms with E-state index in [0.29, 0.717) is 38.5 Å². The van der Waals surface area contributed by atoms with Crippen LogP contribution < -0.4 is 0 Å². The third-order valence-electron chi connectivity index (χ3n) is 4.42. The van der Waals surface area contributed by atoms with Gasteiger partial charge in [-0.15, -0.1) is 0 Å². The Morgan fingerprint density at radius 3 is 0.833 bits per heavy atom. The molecule has 6 heteroatoms. The van der Waals surface area contributed by atoms with E-state index >= 15 is 0 Å². The average Bonchev–Trinajstić information content (AvgIpc) is 2.63. The van der Waals surface area contributed by atoms with Gasteiger partial charge in [0.2, 0.25) is 0 Å². The van der Waals surface area contributed by atoms with Crippen LogP contribution in [0, 0.1) is 78.8 Å². The van der Waals surface area contributed by atoms with Crippen LogP contribution in [0.5, 0.6) is 0 Å². The van der Waals surface area contributed by atoms with E-state index < -0.39 is 10.8 Å². The van der Waals surface area contributed by atoms with Crippen LogP contribution in [0.4, 0.5) is 0 Å². The Labute approximate surface area is 143 Å². The SMILES string of the molecule is N#CCCC(C#N)(CCC#N)CCC(C#N)(CCC#N)CCC#N. The van der Waals surface area contributed by atoms with Gasteiger partial charge in [0.15, 0.2) is 0 Å². The smallest absolute Gasteiger partial charge is 0.0690 e. The Balaban J connectivity index is 5.29. The predicted octanol–water partition coefficient (Wildman–Crippen LogP) is 4.00. The molecule has 0 bridgehead atoms. The van der Waals surface area contributed by atoms with Gasteiger partial charge < -0.3 is 0 Å². The second kappa shape index (κ2) is 11.5. The Morgan fingerprint density at radius 1 is 0.417 bits per heavy atom. The summed E-state index contributed by atoms with van der Waals surface area (Å²) in [5.41, 5.74) is -1.63. The number of nitriles is 6. The lowest BCUT2D eigenvalue weighted by Gasteiger charge is -2.31. The summed E-state index contributed by atoms with van der Waals surface area (Å²) < 4.78 is 0. The molecule has 0 amide bonds. The molecule has 6 nitrogen and oxygen atoms in total. The second-order valence-electron chi connectivity index (χ2n) is 5.92. The molecular formula is C18H20N6. The molecule has 0 fully saturated rings. The Hall–Kier alpha value is -3.06. The quantitative estimate of drug-likeness (QED) is 0.562. The molecule has 0 saturated carbocycles. The fourth-order valence-electron chi connectivity index (χ4n) is 2.74. The highest BCUT2D eigenvalue weighted by Gasteiger charge is 2.36. The zero-order valence-corrected chi connectivity index (χ0v) is 13.8. The van der Waals surface area contributed by atoms with E-state index in [2.05, 4.69) is 12.1 Å². The van der Waals surface area contributed by atoms with Crippen LogP contribution in [0.25, 0.3) is 0 Å². The van der Waals surface area contributed by atoms with Gasteiger partial charge in [-0.1, -0.05) is 0 Å². The van der Waals surface area contributed by atoms with E-state index in [1.165, 1.54) is 0 Å². The first-order chi connectivity index (χ1) is 11.6. The van der Waals surface area contributed by atoms with E-state index in [1.54, 1.807) is 0 Å². The second-order valence-corrected chi connectivity index (χ2v) is 5.92. The van der Waals surface area contributed by atoms with Gasteiger partial charge in [0, 0.05) is 25.7 Å². The van der Waals surface area contributed by atoms with E-state index in [-0.39, 0.29) is 25.7 Å². The van der Waals surface area contributed by atoms with E-state index in [9.17, 15) is 10.5 Å². The minimum absolute atomic E-state index is 0.217. The van der Waals surface area contributed by atoms with Crippen LogP contribution in [0.2, 0.25) is 0 Å². The highest BCUT2D eigenvalue weighted by atomic mass is 14.4. The molecule has 0 aliphatic heterocycles. The van der Waals surface area contributed by atoms with Crippen molar-refractivity contribution >= 4 is 0 Å². The lowest BCUT2D eigenvalue weighted by Crippen LogP contribution is -2.25. The van der Waals surface area contributed by atoms with Crippen molar-refractivity contribution in [2.24, 2.45) is 10.8 Å². The molecular weight excluding hydrogens is 300 g/mol. The minimum atomic E-state index is -0.813. The van der Waals surface area contributed by atoms with Gasteiger partial charge in [-0.2, -0.15) is 31.6 Å². The van der Waals surface area contributed by atoms with Gasteiger partial charge in [0.25, 0.3) is 0 Å². The van der Waals surface area contributed by atoms with Gasteiger partial charge in [-0.25, -0.2) is 0 Å². The molecule has 0 spiro atoms. The first-order valence-electron chi connectivity index (χ1n) is 7.88. The van der Waals surface area contributed by atoms with Gasteiger partial charge >= 0.3 is 0 Å². The highest BCUT2D eigenvalue weighted by molar-refractivity contribution is 5.07. The Bertz CT molecular complexity index is 544. The maximum atomic E-state index is 9.60. The molecule has 0 N–H and O–H groups in total. The van der Waals surface area contributed by atoms with Crippen molar-refractivity contribution in [1.29, 1.82) is 31.6 Å². The zero-order chi connectivity index (χ0) is 18.3. The Kier molecular flexibility index (Phi) is 10.0. The van der Waals surface area contributed by atoms with E-state index in [1.807, 2.05) is 24.3 Å². The fourth-order valence-corrected chi connectivity index (χ4v) is 2.74. The summed E-state index contributed by atoms with van der Waals surface area (Å²) in [6.45, 7) is 0. The topological polar surface area (TPSA) is 143 Å². The summed E-state index contributed by atoms with van der Waals surface area (Å²) in [6.07, 6.45) is 3.08. The van der Waals surface area contributed by atoms with Gasteiger partial charge in [-0.05, 0) is 38.5 Å². The number of nitrogens with zero attached hydrogens (tertiary/aromatic N) is 6. The number of hydrogen-bond acceptors (Lipinski definition) is 6. The van der Waals surface area contributed by atoms with Crippen molar-refractivity contribution in [3.63, 3.8) is 0 Å². The molecule has 0 heterocycles. The first-order valence-corrected chi connectivity index (χ1v) is 7.88. The molecule has 122 valence electrons. The number of rotatable bonds is 11. The maximum absolute atomic E-state index is 9.60. The van der Waals surface area contributed by atoms with Crippen LogP contribution in [0.15, 0.2) is 0 Å². The van der Waals surface area contributed by atoms with Crippen molar-refractivity contribution in [2.45, 2.75) is 64.2 Å². The molecule has 0 unspecified atom stereocenters. The van der Waals surface area contributed by atoms with Crippen molar-refractivity contribution < 1.29 is 0 Å². The van der Waals surface area contributed by atoms with E-state index in [4.69, 9.17) is 21.0 Å².